The standard InChI is InChI=1S/C18H15Cl2FN4O.C4H6N2.C2H6/c1-10-14(20)9-13-16(12-3-2-11(19)8-15(12)21)23-18(24-17(13)22-10)25-4-6-26-7-5-25;1-6-4-2-3-5-6;1-2/h2-3,8-9H,4-7H2,1H3;2-4H,1H3;1-2H3. The van der Waals surface area contributed by atoms with Gasteiger partial charge in [0.05, 0.1) is 29.6 Å². The van der Waals surface area contributed by atoms with E-state index in [2.05, 4.69) is 20.1 Å². The number of hydrogen-bond donors (Lipinski definition) is 0. The van der Waals surface area contributed by atoms with Crippen molar-refractivity contribution in [2.75, 3.05) is 31.2 Å². The second-order valence-corrected chi connectivity index (χ2v) is 8.05. The van der Waals surface area contributed by atoms with Gasteiger partial charge in [-0.1, -0.05) is 37.0 Å². The van der Waals surface area contributed by atoms with Crippen molar-refractivity contribution in [3.63, 3.8) is 0 Å². The molecule has 1 aromatic carbocycles. The van der Waals surface area contributed by atoms with Gasteiger partial charge in [0.15, 0.2) is 5.65 Å². The highest BCUT2D eigenvalue weighted by atomic mass is 35.5. The summed E-state index contributed by atoms with van der Waals surface area (Å²) in [5, 5.41) is 5.24. The summed E-state index contributed by atoms with van der Waals surface area (Å²) in [6.45, 7) is 8.33. The quantitative estimate of drug-likeness (QED) is 0.347. The summed E-state index contributed by atoms with van der Waals surface area (Å²) >= 11 is 12.1. The minimum absolute atomic E-state index is 0.324. The number of ether oxygens (including phenoxy) is 1. The molecule has 0 saturated carbocycles. The average molecular weight is 505 g/mol. The number of morpholine rings is 1. The molecular weight excluding hydrogens is 478 g/mol. The molecule has 1 fully saturated rings. The zero-order chi connectivity index (χ0) is 24.7. The van der Waals surface area contributed by atoms with Crippen LogP contribution in [0.3, 0.4) is 0 Å². The van der Waals surface area contributed by atoms with Crippen LogP contribution in [0.2, 0.25) is 10.0 Å². The minimum atomic E-state index is -0.456. The molecule has 0 unspecified atom stereocenters. The number of benzene rings is 1. The predicted octanol–water partition coefficient (Wildman–Crippen LogP) is 5.73. The number of hydrogen-bond acceptors (Lipinski definition) is 6. The third-order valence-corrected chi connectivity index (χ3v) is 5.54. The average Bonchev–Trinajstić information content (AvgIpc) is 3.33. The molecule has 0 N–H and O–H groups in total. The number of rotatable bonds is 2. The molecule has 4 aromatic rings. The SMILES string of the molecule is CC.Cc1nc2nc(N3CCOCC3)nc(-c3ccc(Cl)cc3F)c2cc1Cl.Cn1cccn1. The van der Waals surface area contributed by atoms with Gasteiger partial charge in [-0.2, -0.15) is 10.1 Å². The molecule has 180 valence electrons. The highest BCUT2D eigenvalue weighted by molar-refractivity contribution is 6.32. The normalized spacial score (nSPS) is 13.1. The molecule has 1 aliphatic rings. The Morgan fingerprint density at radius 3 is 2.35 bits per heavy atom. The summed E-state index contributed by atoms with van der Waals surface area (Å²) < 4.78 is 21.7. The first-order valence-electron chi connectivity index (χ1n) is 11.0. The predicted molar refractivity (Wildman–Crippen MR) is 135 cm³/mol. The third kappa shape index (κ3) is 6.20. The molecule has 0 atom stereocenters. The number of aryl methyl sites for hydroxylation is 2. The third-order valence-electron chi connectivity index (χ3n) is 4.92. The van der Waals surface area contributed by atoms with Gasteiger partial charge in [0.25, 0.3) is 0 Å². The summed E-state index contributed by atoms with van der Waals surface area (Å²) in [5.74, 6) is 0.0431. The van der Waals surface area contributed by atoms with Crippen molar-refractivity contribution in [1.29, 1.82) is 0 Å². The van der Waals surface area contributed by atoms with Gasteiger partial charge in [-0.3, -0.25) is 4.68 Å². The van der Waals surface area contributed by atoms with Crippen LogP contribution in [0.4, 0.5) is 10.3 Å². The highest BCUT2D eigenvalue weighted by Crippen LogP contribution is 2.32. The Morgan fingerprint density at radius 2 is 1.76 bits per heavy atom. The lowest BCUT2D eigenvalue weighted by atomic mass is 10.1. The van der Waals surface area contributed by atoms with Crippen LogP contribution in [0.5, 0.6) is 0 Å². The van der Waals surface area contributed by atoms with E-state index in [0.29, 0.717) is 70.3 Å². The van der Waals surface area contributed by atoms with Gasteiger partial charge in [0, 0.05) is 48.5 Å². The van der Waals surface area contributed by atoms with E-state index in [1.165, 1.54) is 6.07 Å². The Morgan fingerprint density at radius 1 is 1.03 bits per heavy atom. The van der Waals surface area contributed by atoms with Crippen LogP contribution in [0, 0.1) is 12.7 Å². The smallest absolute Gasteiger partial charge is 0.228 e. The molecule has 0 bridgehead atoms. The fourth-order valence-electron chi connectivity index (χ4n) is 3.24. The highest BCUT2D eigenvalue weighted by Gasteiger charge is 2.20. The largest absolute Gasteiger partial charge is 0.378 e. The van der Waals surface area contributed by atoms with Crippen LogP contribution in [0.25, 0.3) is 22.3 Å². The molecule has 34 heavy (non-hydrogen) atoms. The van der Waals surface area contributed by atoms with Gasteiger partial charge in [-0.05, 0) is 37.3 Å². The molecule has 10 heteroatoms. The van der Waals surface area contributed by atoms with Crippen molar-refractivity contribution in [3.8, 4) is 11.3 Å². The zero-order valence-corrected chi connectivity index (χ0v) is 21.1. The number of halogens is 3. The number of nitrogens with zero attached hydrogens (tertiary/aromatic N) is 6. The second-order valence-electron chi connectivity index (χ2n) is 7.20. The van der Waals surface area contributed by atoms with Gasteiger partial charge in [-0.15, -0.1) is 0 Å². The van der Waals surface area contributed by atoms with E-state index in [9.17, 15) is 4.39 Å². The molecule has 0 radical (unpaired) electrons. The summed E-state index contributed by atoms with van der Waals surface area (Å²) in [6.07, 6.45) is 3.64. The van der Waals surface area contributed by atoms with Gasteiger partial charge < -0.3 is 9.64 Å². The lowest BCUT2D eigenvalue weighted by molar-refractivity contribution is 0.122. The molecule has 0 spiro atoms. The van der Waals surface area contributed by atoms with Crippen molar-refractivity contribution in [1.82, 2.24) is 24.7 Å². The molecule has 1 aliphatic heterocycles. The number of fused-ring (bicyclic) bond motifs is 1. The second kappa shape index (κ2) is 12.1. The van der Waals surface area contributed by atoms with Crippen LogP contribution in [0.15, 0.2) is 42.7 Å². The van der Waals surface area contributed by atoms with Crippen LogP contribution in [0.1, 0.15) is 19.5 Å². The van der Waals surface area contributed by atoms with Crippen molar-refractivity contribution in [2.45, 2.75) is 20.8 Å². The van der Waals surface area contributed by atoms with Crippen molar-refractivity contribution < 1.29 is 9.13 Å². The fourth-order valence-corrected chi connectivity index (χ4v) is 3.55. The van der Waals surface area contributed by atoms with E-state index in [1.807, 2.05) is 38.1 Å². The molecule has 3 aromatic heterocycles. The molecule has 1 saturated heterocycles. The van der Waals surface area contributed by atoms with Gasteiger partial charge in [-0.25, -0.2) is 14.4 Å². The number of pyridine rings is 1. The first kappa shape index (κ1) is 25.8. The Kier molecular flexibility index (Phi) is 9.15. The van der Waals surface area contributed by atoms with E-state index in [1.54, 1.807) is 36.0 Å². The topological polar surface area (TPSA) is 69.0 Å². The zero-order valence-electron chi connectivity index (χ0n) is 19.6. The summed E-state index contributed by atoms with van der Waals surface area (Å²) in [6, 6.07) is 8.12. The summed E-state index contributed by atoms with van der Waals surface area (Å²) in [7, 11) is 1.89. The van der Waals surface area contributed by atoms with E-state index in [-0.39, 0.29) is 0 Å². The Bertz CT molecular complexity index is 1230. The lowest BCUT2D eigenvalue weighted by Crippen LogP contribution is -2.37. The van der Waals surface area contributed by atoms with Gasteiger partial charge in [0.2, 0.25) is 5.95 Å². The minimum Gasteiger partial charge on any atom is -0.378 e. The maximum Gasteiger partial charge on any atom is 0.228 e. The molecule has 4 heterocycles. The Balaban J connectivity index is 0.000000348. The van der Waals surface area contributed by atoms with Crippen LogP contribution >= 0.6 is 23.2 Å². The molecule has 0 amide bonds. The van der Waals surface area contributed by atoms with Gasteiger partial charge in [0.1, 0.15) is 5.82 Å². The summed E-state index contributed by atoms with van der Waals surface area (Å²) in [4.78, 5) is 15.7. The van der Waals surface area contributed by atoms with Crippen molar-refractivity contribution >= 4 is 40.2 Å². The molecule has 7 nitrogen and oxygen atoms in total. The molecular formula is C24H27Cl2FN6O. The van der Waals surface area contributed by atoms with E-state index < -0.39 is 5.82 Å². The summed E-state index contributed by atoms with van der Waals surface area (Å²) in [5.41, 5.74) is 1.92. The van der Waals surface area contributed by atoms with Crippen LogP contribution < -0.4 is 4.90 Å². The molecule has 5 rings (SSSR count). The maximum absolute atomic E-state index is 14.6. The monoisotopic (exact) mass is 504 g/mol. The van der Waals surface area contributed by atoms with Crippen LogP contribution in [-0.4, -0.2) is 51.0 Å². The lowest BCUT2D eigenvalue weighted by Gasteiger charge is -2.27. The fraction of sp³-hybridized carbons (Fsp3) is 0.333. The Hall–Kier alpha value is -2.81. The maximum atomic E-state index is 14.6. The molecule has 0 aliphatic carbocycles. The van der Waals surface area contributed by atoms with Crippen molar-refractivity contribution in [3.05, 3.63) is 64.3 Å². The number of aromatic nitrogens is 5. The van der Waals surface area contributed by atoms with E-state index in [4.69, 9.17) is 27.9 Å². The Labute approximate surface area is 208 Å². The van der Waals surface area contributed by atoms with Gasteiger partial charge >= 0.3 is 0 Å². The van der Waals surface area contributed by atoms with Crippen molar-refractivity contribution in [2.24, 2.45) is 7.05 Å². The first-order valence-corrected chi connectivity index (χ1v) is 11.7. The first-order chi connectivity index (χ1) is 16.4. The van der Waals surface area contributed by atoms with Crippen LogP contribution in [-0.2, 0) is 11.8 Å². The van der Waals surface area contributed by atoms with E-state index >= 15 is 0 Å². The van der Waals surface area contributed by atoms with E-state index in [0.717, 1.165) is 0 Å². The number of anilines is 1.